The largest absolute Gasteiger partial charge is 0.328 e. The van der Waals surface area contributed by atoms with E-state index in [4.69, 9.17) is 11.6 Å². The van der Waals surface area contributed by atoms with Gasteiger partial charge in [0.05, 0.1) is 29.5 Å². The van der Waals surface area contributed by atoms with Gasteiger partial charge in [0, 0.05) is 25.5 Å². The van der Waals surface area contributed by atoms with Crippen LogP contribution >= 0.6 is 11.6 Å². The fourth-order valence-corrected chi connectivity index (χ4v) is 2.41. The van der Waals surface area contributed by atoms with Crippen LogP contribution < -0.4 is 5.32 Å². The van der Waals surface area contributed by atoms with Crippen LogP contribution in [0.3, 0.4) is 0 Å². The first-order chi connectivity index (χ1) is 9.15. The molecule has 0 amide bonds. The van der Waals surface area contributed by atoms with Crippen LogP contribution in [0.5, 0.6) is 0 Å². The molecule has 0 radical (unpaired) electrons. The zero-order valence-electron chi connectivity index (χ0n) is 11.2. The number of aryl methyl sites for hydroxylation is 2. The normalized spacial score (nSPS) is 15.1. The molecule has 2 heterocycles. The van der Waals surface area contributed by atoms with E-state index in [1.54, 1.807) is 0 Å². The van der Waals surface area contributed by atoms with Crippen LogP contribution in [-0.4, -0.2) is 25.4 Å². The van der Waals surface area contributed by atoms with Crippen LogP contribution in [0.25, 0.3) is 0 Å². The van der Waals surface area contributed by atoms with Crippen LogP contribution in [0, 0.1) is 6.92 Å². The zero-order valence-corrected chi connectivity index (χ0v) is 12.0. The van der Waals surface area contributed by atoms with Gasteiger partial charge in [-0.15, -0.1) is 0 Å². The Balaban J connectivity index is 1.76. The third-order valence-electron chi connectivity index (χ3n) is 3.51. The Bertz CT molecular complexity index is 582. The van der Waals surface area contributed by atoms with Gasteiger partial charge in [0.25, 0.3) is 0 Å². The number of hydrogen-bond acceptors (Lipinski definition) is 3. The summed E-state index contributed by atoms with van der Waals surface area (Å²) in [5.74, 6) is 1.04. The number of rotatable bonds is 5. The van der Waals surface area contributed by atoms with Crippen molar-refractivity contribution >= 4 is 11.6 Å². The maximum atomic E-state index is 6.29. The number of aromatic nitrogens is 4. The van der Waals surface area contributed by atoms with Gasteiger partial charge in [0.2, 0.25) is 0 Å². The van der Waals surface area contributed by atoms with Crippen LogP contribution in [0.15, 0.2) is 12.4 Å². The summed E-state index contributed by atoms with van der Waals surface area (Å²) in [6.07, 6.45) is 6.39. The minimum atomic E-state index is 0.688. The summed E-state index contributed by atoms with van der Waals surface area (Å²) >= 11 is 6.29. The van der Waals surface area contributed by atoms with Crippen LogP contribution in [-0.2, 0) is 20.1 Å². The summed E-state index contributed by atoms with van der Waals surface area (Å²) in [6, 6.07) is 0.688. The minimum absolute atomic E-state index is 0.688. The van der Waals surface area contributed by atoms with E-state index in [0.29, 0.717) is 12.6 Å². The molecule has 3 rings (SSSR count). The first kappa shape index (κ1) is 12.7. The van der Waals surface area contributed by atoms with Gasteiger partial charge in [0.1, 0.15) is 5.82 Å². The van der Waals surface area contributed by atoms with Crippen molar-refractivity contribution in [3.05, 3.63) is 34.6 Å². The lowest BCUT2D eigenvalue weighted by molar-refractivity contribution is 0.598. The molecule has 0 bridgehead atoms. The Kier molecular flexibility index (Phi) is 3.33. The van der Waals surface area contributed by atoms with E-state index < -0.39 is 0 Å². The van der Waals surface area contributed by atoms with Gasteiger partial charge in [-0.3, -0.25) is 4.68 Å². The smallest absolute Gasteiger partial charge is 0.123 e. The Morgan fingerprint density at radius 3 is 2.89 bits per heavy atom. The maximum absolute atomic E-state index is 6.29. The van der Waals surface area contributed by atoms with E-state index in [9.17, 15) is 0 Å². The minimum Gasteiger partial charge on any atom is -0.328 e. The highest BCUT2D eigenvalue weighted by atomic mass is 35.5. The Labute approximate surface area is 117 Å². The Morgan fingerprint density at radius 2 is 2.26 bits per heavy atom. The molecule has 0 aliphatic heterocycles. The average molecular weight is 280 g/mol. The molecule has 1 N–H and O–H groups in total. The first-order valence-corrected chi connectivity index (χ1v) is 6.94. The average Bonchev–Trinajstić information content (AvgIpc) is 3.06. The van der Waals surface area contributed by atoms with Gasteiger partial charge in [-0.05, 0) is 19.8 Å². The standard InChI is InChI=1S/C13H18ClN5/c1-9-13(14)11(18(2)17-9)8-19-6-5-15-12(19)7-16-10-3-4-10/h5-6,10,16H,3-4,7-8H2,1-2H3. The Morgan fingerprint density at radius 1 is 1.47 bits per heavy atom. The van der Waals surface area contributed by atoms with Crippen molar-refractivity contribution in [2.24, 2.45) is 7.05 Å². The molecule has 0 atom stereocenters. The summed E-state index contributed by atoms with van der Waals surface area (Å²) in [6.45, 7) is 3.44. The van der Waals surface area contributed by atoms with Crippen molar-refractivity contribution < 1.29 is 0 Å². The summed E-state index contributed by atoms with van der Waals surface area (Å²) in [5.41, 5.74) is 1.89. The van der Waals surface area contributed by atoms with Crippen LogP contribution in [0.2, 0.25) is 5.02 Å². The second kappa shape index (κ2) is 4.98. The molecular weight excluding hydrogens is 262 g/mol. The van der Waals surface area contributed by atoms with Crippen molar-refractivity contribution in [2.75, 3.05) is 0 Å². The molecule has 1 saturated carbocycles. The van der Waals surface area contributed by atoms with Crippen molar-refractivity contribution in [2.45, 2.75) is 38.9 Å². The van der Waals surface area contributed by atoms with E-state index >= 15 is 0 Å². The second-order valence-electron chi connectivity index (χ2n) is 5.10. The summed E-state index contributed by atoms with van der Waals surface area (Å²) in [4.78, 5) is 4.41. The molecule has 2 aromatic rings. The number of hydrogen-bond donors (Lipinski definition) is 1. The van der Waals surface area contributed by atoms with E-state index in [-0.39, 0.29) is 0 Å². The van der Waals surface area contributed by atoms with Crippen molar-refractivity contribution in [1.29, 1.82) is 0 Å². The molecule has 0 saturated heterocycles. The predicted octanol–water partition coefficient (Wildman–Crippen LogP) is 1.88. The molecule has 5 nitrogen and oxygen atoms in total. The molecule has 1 aliphatic carbocycles. The van der Waals surface area contributed by atoms with Gasteiger partial charge in [-0.25, -0.2) is 4.98 Å². The molecular formula is C13H18ClN5. The molecule has 0 aromatic carbocycles. The topological polar surface area (TPSA) is 47.7 Å². The second-order valence-corrected chi connectivity index (χ2v) is 5.47. The van der Waals surface area contributed by atoms with Gasteiger partial charge in [-0.1, -0.05) is 11.6 Å². The van der Waals surface area contributed by atoms with Crippen molar-refractivity contribution in [3.63, 3.8) is 0 Å². The third kappa shape index (κ3) is 2.67. The lowest BCUT2D eigenvalue weighted by Crippen LogP contribution is -2.19. The molecule has 1 aliphatic rings. The van der Waals surface area contributed by atoms with E-state index in [2.05, 4.69) is 20.0 Å². The molecule has 0 spiro atoms. The number of nitrogens with one attached hydrogen (secondary N) is 1. The quantitative estimate of drug-likeness (QED) is 0.909. The molecule has 19 heavy (non-hydrogen) atoms. The molecule has 2 aromatic heterocycles. The summed E-state index contributed by atoms with van der Waals surface area (Å²) < 4.78 is 3.97. The molecule has 6 heteroatoms. The number of imidazole rings is 1. The zero-order chi connectivity index (χ0) is 13.4. The highest BCUT2D eigenvalue weighted by Crippen LogP contribution is 2.21. The van der Waals surface area contributed by atoms with E-state index in [0.717, 1.165) is 28.8 Å². The fourth-order valence-electron chi connectivity index (χ4n) is 2.19. The van der Waals surface area contributed by atoms with Gasteiger partial charge < -0.3 is 9.88 Å². The van der Waals surface area contributed by atoms with E-state index in [1.165, 1.54) is 12.8 Å². The summed E-state index contributed by atoms with van der Waals surface area (Å²) in [7, 11) is 1.92. The van der Waals surface area contributed by atoms with Crippen molar-refractivity contribution in [1.82, 2.24) is 24.6 Å². The van der Waals surface area contributed by atoms with Gasteiger partial charge >= 0.3 is 0 Å². The summed E-state index contributed by atoms with van der Waals surface area (Å²) in [5, 5.41) is 8.57. The first-order valence-electron chi connectivity index (χ1n) is 6.56. The van der Waals surface area contributed by atoms with Crippen LogP contribution in [0.1, 0.15) is 30.1 Å². The predicted molar refractivity (Wildman–Crippen MR) is 74.1 cm³/mol. The third-order valence-corrected chi connectivity index (χ3v) is 4.00. The van der Waals surface area contributed by atoms with Gasteiger partial charge in [0.15, 0.2) is 0 Å². The lowest BCUT2D eigenvalue weighted by atomic mass is 10.3. The SMILES string of the molecule is Cc1nn(C)c(Cn2ccnc2CNC2CC2)c1Cl. The fraction of sp³-hybridized carbons (Fsp3) is 0.538. The molecule has 102 valence electrons. The van der Waals surface area contributed by atoms with E-state index in [1.807, 2.05) is 31.0 Å². The molecule has 1 fully saturated rings. The highest BCUT2D eigenvalue weighted by Gasteiger charge is 2.21. The lowest BCUT2D eigenvalue weighted by Gasteiger charge is -2.09. The number of halogens is 1. The van der Waals surface area contributed by atoms with Gasteiger partial charge in [-0.2, -0.15) is 5.10 Å². The van der Waals surface area contributed by atoms with Crippen molar-refractivity contribution in [3.8, 4) is 0 Å². The highest BCUT2D eigenvalue weighted by molar-refractivity contribution is 6.31. The molecule has 0 unspecified atom stereocenters. The number of nitrogens with zero attached hydrogens (tertiary/aromatic N) is 4. The maximum Gasteiger partial charge on any atom is 0.123 e. The Hall–Kier alpha value is -1.33. The van der Waals surface area contributed by atoms with Crippen LogP contribution in [0.4, 0.5) is 0 Å². The monoisotopic (exact) mass is 279 g/mol.